The summed E-state index contributed by atoms with van der Waals surface area (Å²) in [6, 6.07) is 0. The standard InChI is InChI=1S/C13H12ClF2N5/c1-5-6(2)18-10-9(17-5)11(20-12(14)19-10)21-3-7-8(4-21)13(7,15)16/h7-8H,3-4H2,1-2H3/t7-,8+. The van der Waals surface area contributed by atoms with Crippen molar-refractivity contribution in [2.45, 2.75) is 19.8 Å². The number of aromatic nitrogens is 4. The molecule has 0 amide bonds. The number of anilines is 1. The van der Waals surface area contributed by atoms with Crippen molar-refractivity contribution in [1.82, 2.24) is 19.9 Å². The minimum Gasteiger partial charge on any atom is -0.354 e. The number of halogens is 3. The molecule has 2 fully saturated rings. The zero-order chi connectivity index (χ0) is 14.9. The molecule has 0 aromatic carbocycles. The molecular formula is C13H12ClF2N5. The van der Waals surface area contributed by atoms with Crippen LogP contribution in [0.1, 0.15) is 11.4 Å². The lowest BCUT2D eigenvalue weighted by Crippen LogP contribution is -2.28. The van der Waals surface area contributed by atoms with Crippen molar-refractivity contribution in [2.75, 3.05) is 18.0 Å². The van der Waals surface area contributed by atoms with E-state index in [0.717, 1.165) is 11.4 Å². The second-order valence-corrected chi connectivity index (χ2v) is 6.01. The molecule has 5 nitrogen and oxygen atoms in total. The summed E-state index contributed by atoms with van der Waals surface area (Å²) >= 11 is 5.93. The van der Waals surface area contributed by atoms with Crippen molar-refractivity contribution >= 4 is 28.6 Å². The smallest absolute Gasteiger partial charge is 0.258 e. The molecule has 0 bridgehead atoms. The van der Waals surface area contributed by atoms with Gasteiger partial charge < -0.3 is 4.90 Å². The van der Waals surface area contributed by atoms with E-state index >= 15 is 0 Å². The minimum atomic E-state index is -2.53. The first-order valence-electron chi connectivity index (χ1n) is 6.69. The van der Waals surface area contributed by atoms with E-state index in [1.54, 1.807) is 0 Å². The lowest BCUT2D eigenvalue weighted by molar-refractivity contribution is 0.0797. The van der Waals surface area contributed by atoms with Gasteiger partial charge in [0.15, 0.2) is 17.0 Å². The van der Waals surface area contributed by atoms with Gasteiger partial charge in [0.2, 0.25) is 5.28 Å². The number of alkyl halides is 2. The third-order valence-corrected chi connectivity index (χ3v) is 4.56. The Morgan fingerprint density at radius 3 is 2.33 bits per heavy atom. The molecule has 1 saturated heterocycles. The predicted molar refractivity (Wildman–Crippen MR) is 73.8 cm³/mol. The van der Waals surface area contributed by atoms with Crippen molar-refractivity contribution in [3.63, 3.8) is 0 Å². The van der Waals surface area contributed by atoms with Gasteiger partial charge >= 0.3 is 0 Å². The van der Waals surface area contributed by atoms with Crippen LogP contribution in [-0.4, -0.2) is 38.9 Å². The number of fused-ring (bicyclic) bond motifs is 2. The number of nitrogens with zero attached hydrogens (tertiary/aromatic N) is 5. The third-order valence-electron chi connectivity index (χ3n) is 4.40. The Labute approximate surface area is 124 Å². The van der Waals surface area contributed by atoms with E-state index in [-0.39, 0.29) is 18.4 Å². The first-order chi connectivity index (χ1) is 9.88. The Bertz CT molecular complexity index is 752. The Morgan fingerprint density at radius 1 is 1.05 bits per heavy atom. The largest absolute Gasteiger partial charge is 0.354 e. The van der Waals surface area contributed by atoms with E-state index in [0.29, 0.717) is 17.0 Å². The molecule has 0 spiro atoms. The first kappa shape index (κ1) is 13.1. The number of hydrogen-bond acceptors (Lipinski definition) is 5. The highest BCUT2D eigenvalue weighted by molar-refractivity contribution is 6.28. The summed E-state index contributed by atoms with van der Waals surface area (Å²) in [5, 5.41) is 0.0578. The van der Waals surface area contributed by atoms with Crippen LogP contribution >= 0.6 is 11.6 Å². The summed E-state index contributed by atoms with van der Waals surface area (Å²) in [4.78, 5) is 18.9. The van der Waals surface area contributed by atoms with Crippen molar-refractivity contribution in [1.29, 1.82) is 0 Å². The van der Waals surface area contributed by atoms with Crippen molar-refractivity contribution in [2.24, 2.45) is 11.8 Å². The number of hydrogen-bond donors (Lipinski definition) is 0. The monoisotopic (exact) mass is 311 g/mol. The van der Waals surface area contributed by atoms with Gasteiger partial charge in [0.05, 0.1) is 23.2 Å². The molecule has 2 aromatic rings. The molecule has 0 unspecified atom stereocenters. The molecule has 2 aromatic heterocycles. The van der Waals surface area contributed by atoms with Crippen LogP contribution in [0.25, 0.3) is 11.2 Å². The fraction of sp³-hybridized carbons (Fsp3) is 0.538. The van der Waals surface area contributed by atoms with Gasteiger partial charge in [-0.1, -0.05) is 0 Å². The normalized spacial score (nSPS) is 26.2. The van der Waals surface area contributed by atoms with E-state index < -0.39 is 17.8 Å². The predicted octanol–water partition coefficient (Wildman–Crippen LogP) is 2.39. The minimum absolute atomic E-state index is 0.0578. The maximum Gasteiger partial charge on any atom is 0.258 e. The summed E-state index contributed by atoms with van der Waals surface area (Å²) < 4.78 is 26.7. The van der Waals surface area contributed by atoms with Gasteiger partial charge in [0.1, 0.15) is 0 Å². The molecule has 2 atom stereocenters. The Kier molecular flexibility index (Phi) is 2.47. The van der Waals surface area contributed by atoms with E-state index in [2.05, 4.69) is 19.9 Å². The van der Waals surface area contributed by atoms with Crippen LogP contribution in [-0.2, 0) is 0 Å². The van der Waals surface area contributed by atoms with Crippen LogP contribution in [0.15, 0.2) is 0 Å². The maximum absolute atomic E-state index is 13.3. The van der Waals surface area contributed by atoms with Gasteiger partial charge in [-0.15, -0.1) is 0 Å². The fourth-order valence-electron chi connectivity index (χ4n) is 2.97. The second-order valence-electron chi connectivity index (χ2n) is 5.68. The highest BCUT2D eigenvalue weighted by Crippen LogP contribution is 2.59. The van der Waals surface area contributed by atoms with E-state index in [1.807, 2.05) is 18.7 Å². The fourth-order valence-corrected chi connectivity index (χ4v) is 3.13. The zero-order valence-corrected chi connectivity index (χ0v) is 12.2. The van der Waals surface area contributed by atoms with Gasteiger partial charge in [-0.3, -0.25) is 0 Å². The molecule has 4 rings (SSSR count). The molecule has 3 heterocycles. The topological polar surface area (TPSA) is 54.8 Å². The molecule has 0 N–H and O–H groups in total. The molecule has 8 heteroatoms. The summed E-state index contributed by atoms with van der Waals surface area (Å²) in [6.45, 7) is 4.22. The van der Waals surface area contributed by atoms with Gasteiger partial charge in [0, 0.05) is 13.1 Å². The summed E-state index contributed by atoms with van der Waals surface area (Å²) in [5.41, 5.74) is 2.45. The van der Waals surface area contributed by atoms with Crippen molar-refractivity contribution in [3.8, 4) is 0 Å². The van der Waals surface area contributed by atoms with Gasteiger partial charge in [0.25, 0.3) is 5.92 Å². The van der Waals surface area contributed by atoms with Crippen LogP contribution in [0.4, 0.5) is 14.6 Å². The van der Waals surface area contributed by atoms with Crippen molar-refractivity contribution < 1.29 is 8.78 Å². The second kappa shape index (κ2) is 3.97. The van der Waals surface area contributed by atoms with Gasteiger partial charge in [-0.25, -0.2) is 18.7 Å². The average Bonchev–Trinajstić information content (AvgIpc) is 2.78. The molecule has 1 aliphatic carbocycles. The van der Waals surface area contributed by atoms with Crippen LogP contribution in [0.3, 0.4) is 0 Å². The number of aryl methyl sites for hydroxylation is 2. The molecule has 2 aliphatic rings. The molecule has 21 heavy (non-hydrogen) atoms. The summed E-state index contributed by atoms with van der Waals surface area (Å²) in [6.07, 6.45) is 0. The SMILES string of the molecule is Cc1nc2nc(Cl)nc(N3C[C@@H]4[C@H](C3)C4(F)F)c2nc1C. The number of rotatable bonds is 1. The summed E-state index contributed by atoms with van der Waals surface area (Å²) in [5.74, 6) is -3.19. The molecular weight excluding hydrogens is 300 g/mol. The third kappa shape index (κ3) is 1.79. The van der Waals surface area contributed by atoms with Gasteiger partial charge in [-0.05, 0) is 25.4 Å². The van der Waals surface area contributed by atoms with Crippen LogP contribution < -0.4 is 4.90 Å². The molecule has 110 valence electrons. The zero-order valence-electron chi connectivity index (χ0n) is 11.4. The Balaban J connectivity index is 1.80. The Morgan fingerprint density at radius 2 is 1.67 bits per heavy atom. The average molecular weight is 312 g/mol. The lowest BCUT2D eigenvalue weighted by Gasteiger charge is -2.21. The van der Waals surface area contributed by atoms with Crippen LogP contribution in [0, 0.1) is 25.7 Å². The van der Waals surface area contributed by atoms with E-state index in [1.165, 1.54) is 0 Å². The number of piperidine rings is 1. The van der Waals surface area contributed by atoms with Crippen molar-refractivity contribution in [3.05, 3.63) is 16.7 Å². The molecule has 0 radical (unpaired) electrons. The van der Waals surface area contributed by atoms with Gasteiger partial charge in [-0.2, -0.15) is 9.97 Å². The molecule has 1 aliphatic heterocycles. The Hall–Kier alpha value is -1.63. The summed E-state index contributed by atoms with van der Waals surface area (Å²) in [7, 11) is 0. The first-order valence-corrected chi connectivity index (χ1v) is 7.07. The highest BCUT2D eigenvalue weighted by Gasteiger charge is 2.71. The van der Waals surface area contributed by atoms with E-state index in [9.17, 15) is 8.78 Å². The van der Waals surface area contributed by atoms with Crippen LogP contribution in [0.5, 0.6) is 0 Å². The molecule has 1 saturated carbocycles. The maximum atomic E-state index is 13.3. The highest BCUT2D eigenvalue weighted by atomic mass is 35.5. The van der Waals surface area contributed by atoms with Crippen LogP contribution in [0.2, 0.25) is 5.28 Å². The lowest BCUT2D eigenvalue weighted by atomic mass is 10.3. The quantitative estimate of drug-likeness (QED) is 0.757. The van der Waals surface area contributed by atoms with E-state index in [4.69, 9.17) is 11.6 Å².